The van der Waals surface area contributed by atoms with Crippen LogP contribution in [0.4, 0.5) is 5.82 Å². The molecule has 1 saturated heterocycles. The van der Waals surface area contributed by atoms with E-state index in [2.05, 4.69) is 22.3 Å². The summed E-state index contributed by atoms with van der Waals surface area (Å²) in [5.41, 5.74) is 2.66. The first-order valence-corrected chi connectivity index (χ1v) is 12.5. The largest absolute Gasteiger partial charge is 0.481 e. The first-order chi connectivity index (χ1) is 16.2. The Morgan fingerprint density at radius 3 is 2.24 bits per heavy atom. The molecule has 2 aromatic rings. The summed E-state index contributed by atoms with van der Waals surface area (Å²) in [6.07, 6.45) is 10.8. The fourth-order valence-corrected chi connectivity index (χ4v) is 3.95. The fourth-order valence-electron chi connectivity index (χ4n) is 3.95. The maximum atomic E-state index is 9.65. The number of fused-ring (bicyclic) bond motifs is 1. The van der Waals surface area contributed by atoms with Crippen molar-refractivity contribution < 1.29 is 15.0 Å². The molecule has 1 aromatic carbocycles. The molecule has 6 heteroatoms. The van der Waals surface area contributed by atoms with E-state index in [4.69, 9.17) is 15.2 Å². The van der Waals surface area contributed by atoms with Crippen molar-refractivity contribution in [3.05, 3.63) is 59.8 Å². The van der Waals surface area contributed by atoms with Crippen molar-refractivity contribution >= 4 is 11.8 Å². The van der Waals surface area contributed by atoms with Crippen LogP contribution in [0.5, 0.6) is 0 Å². The summed E-state index contributed by atoms with van der Waals surface area (Å²) in [6, 6.07) is 16.5. The van der Waals surface area contributed by atoms with Crippen LogP contribution in [-0.4, -0.2) is 58.9 Å². The highest BCUT2D eigenvalue weighted by Crippen LogP contribution is 2.20. The summed E-state index contributed by atoms with van der Waals surface area (Å²) in [5, 5.41) is 19.4. The molecule has 0 aliphatic carbocycles. The Morgan fingerprint density at radius 1 is 0.939 bits per heavy atom. The third kappa shape index (κ3) is 12.4. The number of pyridine rings is 1. The molecular formula is C27H41N3O3. The van der Waals surface area contributed by atoms with E-state index < -0.39 is 5.97 Å². The van der Waals surface area contributed by atoms with Crippen LogP contribution in [0.3, 0.4) is 0 Å². The molecule has 182 valence electrons. The van der Waals surface area contributed by atoms with Crippen LogP contribution in [0.2, 0.25) is 0 Å². The van der Waals surface area contributed by atoms with Gasteiger partial charge in [0.15, 0.2) is 0 Å². The predicted molar refractivity (Wildman–Crippen MR) is 135 cm³/mol. The second-order valence-corrected chi connectivity index (χ2v) is 8.58. The SMILES string of the molecule is O=C(O)CCCO.c1cc2c(nc1CCCCN1CCCCC1)NCCC2.c1ccccc1. The highest BCUT2D eigenvalue weighted by molar-refractivity contribution is 5.66. The quantitative estimate of drug-likeness (QED) is 0.497. The maximum absolute atomic E-state index is 9.65. The van der Waals surface area contributed by atoms with E-state index in [0.29, 0.717) is 6.42 Å². The minimum Gasteiger partial charge on any atom is -0.481 e. The Morgan fingerprint density at radius 2 is 1.64 bits per heavy atom. The Kier molecular flexibility index (Phi) is 13.9. The van der Waals surface area contributed by atoms with Gasteiger partial charge in [-0.1, -0.05) is 48.9 Å². The lowest BCUT2D eigenvalue weighted by atomic mass is 10.1. The standard InChI is InChI=1S/C17H27N3.C6H6.C4H8O3/c1-3-12-20(13-4-1)14-5-2-8-16-10-9-15-7-6-11-18-17(15)19-16;1-2-4-6-5-3-1;5-3-1-2-4(6)7/h9-10H,1-8,11-14H2,(H,18,19);1-6H;5H,1-3H2,(H,6,7). The maximum Gasteiger partial charge on any atom is 0.303 e. The van der Waals surface area contributed by atoms with E-state index in [1.165, 1.54) is 75.8 Å². The summed E-state index contributed by atoms with van der Waals surface area (Å²) < 4.78 is 0. The van der Waals surface area contributed by atoms with Crippen LogP contribution in [0.1, 0.15) is 62.6 Å². The molecule has 6 nitrogen and oxygen atoms in total. The molecule has 0 amide bonds. The Balaban J connectivity index is 0.000000243. The van der Waals surface area contributed by atoms with Gasteiger partial charge in [0.05, 0.1) is 0 Å². The molecule has 0 spiro atoms. The van der Waals surface area contributed by atoms with Crippen molar-refractivity contribution in [3.8, 4) is 0 Å². The number of carbonyl (C=O) groups is 1. The van der Waals surface area contributed by atoms with Gasteiger partial charge in [0, 0.05) is 25.3 Å². The molecule has 0 atom stereocenters. The van der Waals surface area contributed by atoms with Gasteiger partial charge in [0.25, 0.3) is 0 Å². The second-order valence-electron chi connectivity index (χ2n) is 8.58. The van der Waals surface area contributed by atoms with Gasteiger partial charge >= 0.3 is 5.97 Å². The Bertz CT molecular complexity index is 738. The molecule has 0 unspecified atom stereocenters. The summed E-state index contributed by atoms with van der Waals surface area (Å²) in [5.74, 6) is 0.291. The number of unbranched alkanes of at least 4 members (excludes halogenated alkanes) is 1. The molecule has 33 heavy (non-hydrogen) atoms. The Hall–Kier alpha value is -2.44. The van der Waals surface area contributed by atoms with Crippen LogP contribution >= 0.6 is 0 Å². The smallest absolute Gasteiger partial charge is 0.303 e. The molecule has 3 heterocycles. The molecule has 0 radical (unpaired) electrons. The number of likely N-dealkylation sites (tertiary alicyclic amines) is 1. The highest BCUT2D eigenvalue weighted by atomic mass is 16.4. The van der Waals surface area contributed by atoms with Gasteiger partial charge in [-0.15, -0.1) is 0 Å². The van der Waals surface area contributed by atoms with E-state index >= 15 is 0 Å². The average Bonchev–Trinajstić information content (AvgIpc) is 2.88. The van der Waals surface area contributed by atoms with Gasteiger partial charge in [-0.05, 0) is 82.6 Å². The third-order valence-corrected chi connectivity index (χ3v) is 5.77. The second kappa shape index (κ2) is 17.1. The van der Waals surface area contributed by atoms with Gasteiger partial charge in [-0.2, -0.15) is 0 Å². The van der Waals surface area contributed by atoms with Gasteiger partial charge in [0.1, 0.15) is 5.82 Å². The minimum absolute atomic E-state index is 0.0354. The number of nitrogens with zero attached hydrogens (tertiary/aromatic N) is 2. The number of rotatable bonds is 8. The summed E-state index contributed by atoms with van der Waals surface area (Å²) >= 11 is 0. The summed E-state index contributed by atoms with van der Waals surface area (Å²) in [7, 11) is 0. The normalized spacial score (nSPS) is 15.1. The van der Waals surface area contributed by atoms with Crippen LogP contribution in [-0.2, 0) is 17.6 Å². The number of hydrogen-bond acceptors (Lipinski definition) is 5. The van der Waals surface area contributed by atoms with Crippen molar-refractivity contribution in [2.24, 2.45) is 0 Å². The lowest BCUT2D eigenvalue weighted by Crippen LogP contribution is -2.30. The molecule has 4 rings (SSSR count). The fraction of sp³-hybridized carbons (Fsp3) is 0.556. The number of benzene rings is 1. The Labute approximate surface area is 199 Å². The van der Waals surface area contributed by atoms with E-state index in [1.54, 1.807) is 0 Å². The summed E-state index contributed by atoms with van der Waals surface area (Å²) in [6.45, 7) is 4.97. The van der Waals surface area contributed by atoms with Gasteiger partial charge < -0.3 is 20.4 Å². The number of carboxylic acid groups (broad SMARTS) is 1. The number of aromatic nitrogens is 1. The van der Waals surface area contributed by atoms with Crippen LogP contribution in [0, 0.1) is 0 Å². The zero-order valence-electron chi connectivity index (χ0n) is 19.9. The molecule has 0 saturated carbocycles. The van der Waals surface area contributed by atoms with E-state index in [9.17, 15) is 4.79 Å². The van der Waals surface area contributed by atoms with Crippen molar-refractivity contribution in [1.82, 2.24) is 9.88 Å². The first-order valence-electron chi connectivity index (χ1n) is 12.5. The van der Waals surface area contributed by atoms with E-state index in [1.807, 2.05) is 36.4 Å². The number of hydrogen-bond donors (Lipinski definition) is 3. The molecular weight excluding hydrogens is 414 g/mol. The molecule has 1 fully saturated rings. The lowest BCUT2D eigenvalue weighted by molar-refractivity contribution is -0.137. The van der Waals surface area contributed by atoms with Gasteiger partial charge in [0.2, 0.25) is 0 Å². The van der Waals surface area contributed by atoms with E-state index in [-0.39, 0.29) is 13.0 Å². The van der Waals surface area contributed by atoms with Crippen LogP contribution in [0.15, 0.2) is 48.5 Å². The molecule has 1 aromatic heterocycles. The molecule has 2 aliphatic rings. The van der Waals surface area contributed by atoms with Crippen molar-refractivity contribution in [2.75, 3.05) is 38.1 Å². The molecule has 0 bridgehead atoms. The third-order valence-electron chi connectivity index (χ3n) is 5.77. The number of aryl methyl sites for hydroxylation is 2. The average molecular weight is 456 g/mol. The topological polar surface area (TPSA) is 85.7 Å². The van der Waals surface area contributed by atoms with Gasteiger partial charge in [-0.25, -0.2) is 4.98 Å². The van der Waals surface area contributed by atoms with E-state index in [0.717, 1.165) is 18.8 Å². The van der Waals surface area contributed by atoms with Crippen LogP contribution < -0.4 is 5.32 Å². The first kappa shape index (κ1) is 26.8. The zero-order valence-corrected chi connectivity index (χ0v) is 19.9. The number of aliphatic carboxylic acids is 1. The van der Waals surface area contributed by atoms with Crippen molar-refractivity contribution in [2.45, 2.75) is 64.2 Å². The monoisotopic (exact) mass is 455 g/mol. The number of aliphatic hydroxyl groups is 1. The minimum atomic E-state index is -0.853. The van der Waals surface area contributed by atoms with Crippen LogP contribution in [0.25, 0.3) is 0 Å². The number of carboxylic acids is 1. The highest BCUT2D eigenvalue weighted by Gasteiger charge is 2.11. The van der Waals surface area contributed by atoms with Crippen molar-refractivity contribution in [3.63, 3.8) is 0 Å². The van der Waals surface area contributed by atoms with Crippen molar-refractivity contribution in [1.29, 1.82) is 0 Å². The number of piperidine rings is 1. The number of aliphatic hydroxyl groups excluding tert-OH is 1. The summed E-state index contributed by atoms with van der Waals surface area (Å²) in [4.78, 5) is 17.1. The predicted octanol–water partition coefficient (Wildman–Crippen LogP) is 4.78. The number of anilines is 1. The molecule has 2 aliphatic heterocycles. The van der Waals surface area contributed by atoms with Gasteiger partial charge in [-0.3, -0.25) is 4.79 Å². The molecule has 3 N–H and O–H groups in total. The zero-order chi connectivity index (χ0) is 23.6. The number of nitrogens with one attached hydrogen (secondary N) is 1. The lowest BCUT2D eigenvalue weighted by Gasteiger charge is -2.26.